The predicted molar refractivity (Wildman–Crippen MR) is 74.3 cm³/mol. The monoisotopic (exact) mass is 282 g/mol. The molecule has 0 aliphatic rings. The lowest BCUT2D eigenvalue weighted by atomic mass is 10.1. The Hall–Kier alpha value is -1.62. The number of carboxylic acid groups (broad SMARTS) is 1. The highest BCUT2D eigenvalue weighted by Gasteiger charge is 2.19. The van der Waals surface area contributed by atoms with E-state index in [-0.39, 0.29) is 16.2 Å². The second-order valence-electron chi connectivity index (χ2n) is 4.51. The topological polar surface area (TPSA) is 71.4 Å². The molecule has 19 heavy (non-hydrogen) atoms. The van der Waals surface area contributed by atoms with Crippen molar-refractivity contribution in [2.45, 2.75) is 31.6 Å². The maximum atomic E-state index is 12.3. The number of carboxylic acids is 1. The molecule has 0 aliphatic heterocycles. The lowest BCUT2D eigenvalue weighted by Crippen LogP contribution is -2.11. The van der Waals surface area contributed by atoms with E-state index in [0.717, 1.165) is 5.57 Å². The summed E-state index contributed by atoms with van der Waals surface area (Å²) in [5.74, 6) is -1.17. The molecule has 0 spiro atoms. The van der Waals surface area contributed by atoms with E-state index >= 15 is 0 Å². The first kappa shape index (κ1) is 15.4. The number of aryl methyl sites for hydroxylation is 1. The first-order chi connectivity index (χ1) is 8.77. The molecular formula is C14H18O4S. The van der Waals surface area contributed by atoms with Crippen molar-refractivity contribution in [1.82, 2.24) is 0 Å². The van der Waals surface area contributed by atoms with Crippen LogP contribution in [0.5, 0.6) is 0 Å². The lowest BCUT2D eigenvalue weighted by Gasteiger charge is -2.10. The van der Waals surface area contributed by atoms with E-state index < -0.39 is 15.8 Å². The number of aromatic carboxylic acids is 1. The summed E-state index contributed by atoms with van der Waals surface area (Å²) in [6.45, 7) is 7.29. The fraction of sp³-hybridized carbons (Fsp3) is 0.357. The maximum absolute atomic E-state index is 12.3. The Kier molecular flexibility index (Phi) is 4.89. The molecule has 0 heterocycles. The Morgan fingerprint density at radius 3 is 2.47 bits per heavy atom. The van der Waals surface area contributed by atoms with Crippen molar-refractivity contribution >= 4 is 15.8 Å². The van der Waals surface area contributed by atoms with Gasteiger partial charge in [0, 0.05) is 0 Å². The number of benzene rings is 1. The molecule has 0 fully saturated rings. The van der Waals surface area contributed by atoms with Gasteiger partial charge in [0.25, 0.3) is 0 Å². The molecule has 0 bridgehead atoms. The third-order valence-electron chi connectivity index (χ3n) is 2.83. The third-order valence-corrected chi connectivity index (χ3v) is 4.62. The van der Waals surface area contributed by atoms with Crippen LogP contribution in [0.25, 0.3) is 0 Å². The fourth-order valence-electron chi connectivity index (χ4n) is 1.69. The molecule has 0 aliphatic carbocycles. The van der Waals surface area contributed by atoms with E-state index in [4.69, 9.17) is 5.11 Å². The molecule has 5 heteroatoms. The van der Waals surface area contributed by atoms with Gasteiger partial charge in [0.1, 0.15) is 0 Å². The average Bonchev–Trinajstić information content (AvgIpc) is 2.35. The van der Waals surface area contributed by atoms with E-state index in [2.05, 4.69) is 6.58 Å². The van der Waals surface area contributed by atoms with Crippen LogP contribution in [0, 0.1) is 0 Å². The van der Waals surface area contributed by atoms with Gasteiger partial charge in [-0.25, -0.2) is 13.2 Å². The normalized spacial score (nSPS) is 11.3. The molecule has 0 saturated carbocycles. The highest BCUT2D eigenvalue weighted by atomic mass is 32.2. The van der Waals surface area contributed by atoms with E-state index in [9.17, 15) is 13.2 Å². The van der Waals surface area contributed by atoms with Crippen molar-refractivity contribution in [1.29, 1.82) is 0 Å². The number of rotatable bonds is 6. The Morgan fingerprint density at radius 1 is 1.37 bits per heavy atom. The first-order valence-corrected chi connectivity index (χ1v) is 7.66. The lowest BCUT2D eigenvalue weighted by molar-refractivity contribution is 0.0696. The SMILES string of the molecule is C=C(C)CCS(=O)(=O)c1cc(C(=O)O)ccc1CC. The van der Waals surface area contributed by atoms with Crippen LogP contribution < -0.4 is 0 Å². The molecule has 0 radical (unpaired) electrons. The summed E-state index contributed by atoms with van der Waals surface area (Å²) in [5.41, 5.74) is 1.42. The van der Waals surface area contributed by atoms with Crippen LogP contribution in [0.15, 0.2) is 35.2 Å². The van der Waals surface area contributed by atoms with Crippen LogP contribution >= 0.6 is 0 Å². The highest BCUT2D eigenvalue weighted by Crippen LogP contribution is 2.21. The Balaban J connectivity index is 3.26. The molecule has 104 valence electrons. The quantitative estimate of drug-likeness (QED) is 0.814. The molecule has 0 aromatic heterocycles. The molecule has 1 N–H and O–H groups in total. The number of hydrogen-bond donors (Lipinski definition) is 1. The van der Waals surface area contributed by atoms with Gasteiger partial charge in [0.15, 0.2) is 9.84 Å². The summed E-state index contributed by atoms with van der Waals surface area (Å²) < 4.78 is 24.5. The van der Waals surface area contributed by atoms with Crippen molar-refractivity contribution in [3.63, 3.8) is 0 Å². The number of carbonyl (C=O) groups is 1. The molecule has 0 saturated heterocycles. The highest BCUT2D eigenvalue weighted by molar-refractivity contribution is 7.91. The fourth-order valence-corrected chi connectivity index (χ4v) is 3.44. The van der Waals surface area contributed by atoms with Crippen LogP contribution in [-0.2, 0) is 16.3 Å². The van der Waals surface area contributed by atoms with E-state index in [1.165, 1.54) is 12.1 Å². The van der Waals surface area contributed by atoms with Crippen molar-refractivity contribution < 1.29 is 18.3 Å². The Morgan fingerprint density at radius 2 is 2.00 bits per heavy atom. The minimum absolute atomic E-state index is 0.00824. The van der Waals surface area contributed by atoms with Gasteiger partial charge >= 0.3 is 5.97 Å². The van der Waals surface area contributed by atoms with Crippen LogP contribution in [0.3, 0.4) is 0 Å². The Labute approximate surface area is 113 Å². The van der Waals surface area contributed by atoms with Crippen molar-refractivity contribution in [3.8, 4) is 0 Å². The number of sulfone groups is 1. The summed E-state index contributed by atoms with van der Waals surface area (Å²) in [6.07, 6.45) is 0.921. The van der Waals surface area contributed by atoms with Crippen molar-refractivity contribution in [3.05, 3.63) is 41.5 Å². The summed E-state index contributed by atoms with van der Waals surface area (Å²) in [4.78, 5) is 11.1. The molecule has 1 rings (SSSR count). The molecule has 4 nitrogen and oxygen atoms in total. The zero-order chi connectivity index (χ0) is 14.6. The van der Waals surface area contributed by atoms with Crippen molar-refractivity contribution in [2.24, 2.45) is 0 Å². The zero-order valence-corrected chi connectivity index (χ0v) is 12.0. The Bertz CT molecular complexity index is 600. The maximum Gasteiger partial charge on any atom is 0.335 e. The van der Waals surface area contributed by atoms with Crippen LogP contribution in [-0.4, -0.2) is 25.2 Å². The van der Waals surface area contributed by atoms with Crippen LogP contribution in [0.1, 0.15) is 36.2 Å². The molecule has 0 unspecified atom stereocenters. The van der Waals surface area contributed by atoms with Crippen molar-refractivity contribution in [2.75, 3.05) is 5.75 Å². The predicted octanol–water partition coefficient (Wildman–Crippen LogP) is 2.69. The summed E-state index contributed by atoms with van der Waals surface area (Å²) in [6, 6.07) is 4.24. The molecule has 0 atom stereocenters. The van der Waals surface area contributed by atoms with E-state index in [1.54, 1.807) is 13.0 Å². The van der Waals surface area contributed by atoms with Gasteiger partial charge in [0.2, 0.25) is 0 Å². The standard InChI is InChI=1S/C14H18O4S/c1-4-11-5-6-12(14(15)16)9-13(11)19(17,18)8-7-10(2)3/h5-6,9H,2,4,7-8H2,1,3H3,(H,15,16). The van der Waals surface area contributed by atoms with Gasteiger partial charge in [0.05, 0.1) is 16.2 Å². The van der Waals surface area contributed by atoms with Crippen LogP contribution in [0.4, 0.5) is 0 Å². The minimum Gasteiger partial charge on any atom is -0.478 e. The molecule has 1 aromatic carbocycles. The molecule has 1 aromatic rings. The largest absolute Gasteiger partial charge is 0.478 e. The molecule has 0 amide bonds. The third kappa shape index (κ3) is 3.92. The number of hydrogen-bond acceptors (Lipinski definition) is 3. The van der Waals surface area contributed by atoms with Gasteiger partial charge in [-0.05, 0) is 37.5 Å². The smallest absolute Gasteiger partial charge is 0.335 e. The second-order valence-corrected chi connectivity index (χ2v) is 6.58. The molecular weight excluding hydrogens is 264 g/mol. The van der Waals surface area contributed by atoms with Gasteiger partial charge in [-0.2, -0.15) is 0 Å². The van der Waals surface area contributed by atoms with E-state index in [0.29, 0.717) is 18.4 Å². The summed E-state index contributed by atoms with van der Waals surface area (Å²) in [5, 5.41) is 8.95. The van der Waals surface area contributed by atoms with Gasteiger partial charge in [-0.15, -0.1) is 6.58 Å². The first-order valence-electron chi connectivity index (χ1n) is 6.01. The number of allylic oxidation sites excluding steroid dienone is 1. The van der Waals surface area contributed by atoms with Crippen LogP contribution in [0.2, 0.25) is 0 Å². The summed E-state index contributed by atoms with van der Waals surface area (Å²) >= 11 is 0. The minimum atomic E-state index is -3.48. The van der Waals surface area contributed by atoms with Gasteiger partial charge in [-0.3, -0.25) is 0 Å². The van der Waals surface area contributed by atoms with E-state index in [1.807, 2.05) is 6.92 Å². The van der Waals surface area contributed by atoms with Gasteiger partial charge in [-0.1, -0.05) is 18.6 Å². The average molecular weight is 282 g/mol. The second kappa shape index (κ2) is 6.02. The zero-order valence-electron chi connectivity index (χ0n) is 11.1. The summed E-state index contributed by atoms with van der Waals surface area (Å²) in [7, 11) is -3.48. The van der Waals surface area contributed by atoms with Gasteiger partial charge < -0.3 is 5.11 Å².